The van der Waals surface area contributed by atoms with Crippen molar-refractivity contribution in [3.63, 3.8) is 0 Å². The number of hydrogen-bond donors (Lipinski definition) is 2. The summed E-state index contributed by atoms with van der Waals surface area (Å²) in [6.45, 7) is 0. The molecule has 2 amide bonds. The third kappa shape index (κ3) is 4.42. The van der Waals surface area contributed by atoms with Gasteiger partial charge < -0.3 is 15.1 Å². The Labute approximate surface area is 167 Å². The van der Waals surface area contributed by atoms with Crippen molar-refractivity contribution in [2.45, 2.75) is 0 Å². The molecular formula is C24H18N2O3. The van der Waals surface area contributed by atoms with Crippen LogP contribution < -0.4 is 10.6 Å². The molecule has 142 valence electrons. The smallest absolute Gasteiger partial charge is 0.255 e. The predicted octanol–water partition coefficient (Wildman–Crippen LogP) is 5.34. The number of rotatable bonds is 5. The fourth-order valence-electron chi connectivity index (χ4n) is 2.96. The number of amides is 2. The Morgan fingerprint density at radius 1 is 0.793 bits per heavy atom. The van der Waals surface area contributed by atoms with E-state index in [1.165, 1.54) is 6.08 Å². The Hall–Kier alpha value is -4.12. The maximum Gasteiger partial charge on any atom is 0.255 e. The quantitative estimate of drug-likeness (QED) is 0.458. The average Bonchev–Trinajstić information content (AvgIpc) is 3.27. The van der Waals surface area contributed by atoms with Crippen molar-refractivity contribution in [2.24, 2.45) is 0 Å². The van der Waals surface area contributed by atoms with Gasteiger partial charge in [-0.25, -0.2) is 0 Å². The first-order chi connectivity index (χ1) is 14.2. The zero-order chi connectivity index (χ0) is 20.1. The second-order valence-electron chi connectivity index (χ2n) is 6.40. The van der Waals surface area contributed by atoms with Gasteiger partial charge in [0.1, 0.15) is 5.76 Å². The Bertz CT molecular complexity index is 1170. The highest BCUT2D eigenvalue weighted by Gasteiger charge is 2.09. The molecule has 0 aliphatic heterocycles. The Balaban J connectivity index is 1.42. The van der Waals surface area contributed by atoms with Crippen LogP contribution in [0.25, 0.3) is 16.8 Å². The molecular weight excluding hydrogens is 364 g/mol. The van der Waals surface area contributed by atoms with Crippen molar-refractivity contribution >= 4 is 40.0 Å². The zero-order valence-corrected chi connectivity index (χ0v) is 15.5. The van der Waals surface area contributed by atoms with Crippen LogP contribution in [0.5, 0.6) is 0 Å². The molecule has 0 spiro atoms. The molecule has 0 aliphatic rings. The summed E-state index contributed by atoms with van der Waals surface area (Å²) in [6, 6.07) is 23.9. The van der Waals surface area contributed by atoms with Gasteiger partial charge in [-0.1, -0.05) is 36.4 Å². The molecule has 1 aromatic heterocycles. The number of nitrogens with one attached hydrogen (secondary N) is 2. The van der Waals surface area contributed by atoms with Crippen molar-refractivity contribution in [3.05, 3.63) is 103 Å². The van der Waals surface area contributed by atoms with E-state index in [0.29, 0.717) is 17.0 Å². The Kier molecular flexibility index (Phi) is 5.21. The van der Waals surface area contributed by atoms with Gasteiger partial charge in [-0.05, 0) is 53.9 Å². The summed E-state index contributed by atoms with van der Waals surface area (Å²) in [5.41, 5.74) is 1.86. The standard InChI is InChI=1S/C24H18N2O3/c27-23(15-14-20-7-4-16-29-20)25-19-12-10-18(11-13-19)24(28)26-22-9-3-6-17-5-1-2-8-21(17)22/h1-16H,(H,25,27)(H,26,28)/b15-14+. The van der Waals surface area contributed by atoms with Gasteiger partial charge >= 0.3 is 0 Å². The van der Waals surface area contributed by atoms with E-state index in [1.807, 2.05) is 42.5 Å². The number of benzene rings is 3. The molecule has 29 heavy (non-hydrogen) atoms. The van der Waals surface area contributed by atoms with Gasteiger partial charge in [-0.15, -0.1) is 0 Å². The van der Waals surface area contributed by atoms with Crippen molar-refractivity contribution in [3.8, 4) is 0 Å². The van der Waals surface area contributed by atoms with E-state index in [9.17, 15) is 9.59 Å². The molecule has 0 bridgehead atoms. The second kappa shape index (κ2) is 8.27. The third-order valence-electron chi connectivity index (χ3n) is 4.39. The van der Waals surface area contributed by atoms with Crippen LogP contribution in [0, 0.1) is 0 Å². The number of carbonyl (C=O) groups excluding carboxylic acids is 2. The molecule has 0 fully saturated rings. The maximum atomic E-state index is 12.6. The summed E-state index contributed by atoms with van der Waals surface area (Å²) in [7, 11) is 0. The lowest BCUT2D eigenvalue weighted by atomic mass is 10.1. The number of fused-ring (bicyclic) bond motifs is 1. The Morgan fingerprint density at radius 3 is 2.38 bits per heavy atom. The lowest BCUT2D eigenvalue weighted by molar-refractivity contribution is -0.111. The number of anilines is 2. The summed E-state index contributed by atoms with van der Waals surface area (Å²) < 4.78 is 5.14. The van der Waals surface area contributed by atoms with Crippen LogP contribution in [0.4, 0.5) is 11.4 Å². The second-order valence-corrected chi connectivity index (χ2v) is 6.40. The molecule has 0 saturated carbocycles. The van der Waals surface area contributed by atoms with Gasteiger partial charge in [0, 0.05) is 28.4 Å². The van der Waals surface area contributed by atoms with Crippen LogP contribution in [-0.4, -0.2) is 11.8 Å². The summed E-state index contributed by atoms with van der Waals surface area (Å²) in [4.78, 5) is 24.6. The first kappa shape index (κ1) is 18.3. The first-order valence-electron chi connectivity index (χ1n) is 9.11. The lowest BCUT2D eigenvalue weighted by Crippen LogP contribution is -2.12. The van der Waals surface area contributed by atoms with Crippen LogP contribution in [0.3, 0.4) is 0 Å². The van der Waals surface area contributed by atoms with Gasteiger partial charge in [-0.3, -0.25) is 9.59 Å². The molecule has 0 atom stereocenters. The highest BCUT2D eigenvalue weighted by atomic mass is 16.3. The summed E-state index contributed by atoms with van der Waals surface area (Å²) in [6.07, 6.45) is 4.51. The molecule has 4 aromatic rings. The zero-order valence-electron chi connectivity index (χ0n) is 15.5. The average molecular weight is 382 g/mol. The molecule has 2 N–H and O–H groups in total. The van der Waals surface area contributed by atoms with Crippen LogP contribution >= 0.6 is 0 Å². The van der Waals surface area contributed by atoms with Crippen molar-refractivity contribution in [1.29, 1.82) is 0 Å². The topological polar surface area (TPSA) is 71.3 Å². The number of hydrogen-bond acceptors (Lipinski definition) is 3. The third-order valence-corrected chi connectivity index (χ3v) is 4.39. The lowest BCUT2D eigenvalue weighted by Gasteiger charge is -2.09. The van der Waals surface area contributed by atoms with Crippen molar-refractivity contribution < 1.29 is 14.0 Å². The summed E-state index contributed by atoms with van der Waals surface area (Å²) in [5.74, 6) is 0.104. The van der Waals surface area contributed by atoms with Crippen molar-refractivity contribution in [2.75, 3.05) is 10.6 Å². The molecule has 5 nitrogen and oxygen atoms in total. The van der Waals surface area contributed by atoms with E-state index < -0.39 is 0 Å². The molecule has 5 heteroatoms. The minimum Gasteiger partial charge on any atom is -0.465 e. The predicted molar refractivity (Wildman–Crippen MR) is 115 cm³/mol. The summed E-state index contributed by atoms with van der Waals surface area (Å²) in [5, 5.41) is 7.74. The van der Waals surface area contributed by atoms with Gasteiger partial charge in [0.15, 0.2) is 0 Å². The monoisotopic (exact) mass is 382 g/mol. The fraction of sp³-hybridized carbons (Fsp3) is 0. The van der Waals surface area contributed by atoms with E-state index in [2.05, 4.69) is 10.6 Å². The van der Waals surface area contributed by atoms with Crippen LogP contribution in [0.1, 0.15) is 16.1 Å². The van der Waals surface area contributed by atoms with Crippen LogP contribution in [-0.2, 0) is 4.79 Å². The normalized spacial score (nSPS) is 10.9. The van der Waals surface area contributed by atoms with E-state index >= 15 is 0 Å². The van der Waals surface area contributed by atoms with Gasteiger partial charge in [0.05, 0.1) is 6.26 Å². The Morgan fingerprint density at radius 2 is 1.59 bits per heavy atom. The molecule has 4 rings (SSSR count). The van der Waals surface area contributed by atoms with Gasteiger partial charge in [0.25, 0.3) is 5.91 Å². The van der Waals surface area contributed by atoms with Crippen LogP contribution in [0.15, 0.2) is 95.6 Å². The summed E-state index contributed by atoms with van der Waals surface area (Å²) >= 11 is 0. The molecule has 1 heterocycles. The number of furan rings is 1. The fourth-order valence-corrected chi connectivity index (χ4v) is 2.96. The highest BCUT2D eigenvalue weighted by Crippen LogP contribution is 2.23. The molecule has 0 radical (unpaired) electrons. The van der Waals surface area contributed by atoms with E-state index in [0.717, 1.165) is 16.5 Å². The van der Waals surface area contributed by atoms with Gasteiger partial charge in [0.2, 0.25) is 5.91 Å². The maximum absolute atomic E-state index is 12.6. The largest absolute Gasteiger partial charge is 0.465 e. The molecule has 0 aliphatic carbocycles. The first-order valence-corrected chi connectivity index (χ1v) is 9.11. The van der Waals surface area contributed by atoms with E-state index in [1.54, 1.807) is 48.7 Å². The molecule has 0 saturated heterocycles. The number of carbonyl (C=O) groups is 2. The van der Waals surface area contributed by atoms with Gasteiger partial charge in [-0.2, -0.15) is 0 Å². The SMILES string of the molecule is O=C(/C=C/c1ccco1)Nc1ccc(C(=O)Nc2cccc3ccccc23)cc1. The minimum atomic E-state index is -0.283. The minimum absolute atomic E-state index is 0.211. The van der Waals surface area contributed by atoms with E-state index in [-0.39, 0.29) is 11.8 Å². The van der Waals surface area contributed by atoms with Crippen molar-refractivity contribution in [1.82, 2.24) is 0 Å². The highest BCUT2D eigenvalue weighted by molar-refractivity contribution is 6.09. The van der Waals surface area contributed by atoms with Crippen LogP contribution in [0.2, 0.25) is 0 Å². The van der Waals surface area contributed by atoms with E-state index in [4.69, 9.17) is 4.42 Å². The molecule has 3 aromatic carbocycles. The molecule has 0 unspecified atom stereocenters.